The van der Waals surface area contributed by atoms with Crippen LogP contribution >= 0.6 is 11.6 Å². The number of hydrogen-bond acceptors (Lipinski definition) is 9. The fraction of sp³-hybridized carbons (Fsp3) is 0.721. The zero-order valence-electron chi connectivity index (χ0n) is 32.8. The van der Waals surface area contributed by atoms with Gasteiger partial charge in [-0.25, -0.2) is 0 Å². The molecule has 0 saturated heterocycles. The van der Waals surface area contributed by atoms with Gasteiger partial charge in [0, 0.05) is 60.9 Å². The molecule has 1 heterocycles. The van der Waals surface area contributed by atoms with Crippen LogP contribution in [0, 0.1) is 46.3 Å². The van der Waals surface area contributed by atoms with Crippen LogP contribution in [0.25, 0.3) is 10.9 Å². The fourth-order valence-corrected chi connectivity index (χ4v) is 12.0. The zero-order chi connectivity index (χ0) is 37.9. The van der Waals surface area contributed by atoms with E-state index in [1.165, 1.54) is 13.8 Å². The van der Waals surface area contributed by atoms with E-state index >= 15 is 0 Å². The third-order valence-corrected chi connectivity index (χ3v) is 14.4. The molecule has 0 aliphatic heterocycles. The second-order valence-corrected chi connectivity index (χ2v) is 17.7. The first kappa shape index (κ1) is 39.8. The third kappa shape index (κ3) is 8.51. The predicted molar refractivity (Wildman–Crippen MR) is 208 cm³/mol. The summed E-state index contributed by atoms with van der Waals surface area (Å²) in [6.07, 6.45) is 12.1. The van der Waals surface area contributed by atoms with Gasteiger partial charge in [0.05, 0.1) is 5.52 Å². The maximum Gasteiger partial charge on any atom is 0.302 e. The molecule has 4 fully saturated rings. The predicted octanol–water partition coefficient (Wildman–Crippen LogP) is 8.76. The largest absolute Gasteiger partial charge is 0.463 e. The van der Waals surface area contributed by atoms with Crippen LogP contribution in [0.4, 0.5) is 5.69 Å². The molecule has 0 amide bonds. The smallest absolute Gasteiger partial charge is 0.302 e. The summed E-state index contributed by atoms with van der Waals surface area (Å²) >= 11 is 6.14. The van der Waals surface area contributed by atoms with Gasteiger partial charge in [0.1, 0.15) is 18.3 Å². The number of rotatable bonds is 14. The van der Waals surface area contributed by atoms with Gasteiger partial charge in [0.15, 0.2) is 0 Å². The molecule has 0 bridgehead atoms. The molecule has 0 spiro atoms. The van der Waals surface area contributed by atoms with E-state index in [2.05, 4.69) is 36.4 Å². The number of esters is 3. The molecule has 1 aromatic carbocycles. The lowest BCUT2D eigenvalue weighted by molar-refractivity contribution is -0.224. The number of aromatic nitrogens is 1. The Hall–Kier alpha value is -2.91. The summed E-state index contributed by atoms with van der Waals surface area (Å²) in [7, 11) is 0. The molecular formula is C43H62ClN3O6. The van der Waals surface area contributed by atoms with Gasteiger partial charge in [0.25, 0.3) is 0 Å². The SMILES string of the molecule is CC(=O)O[C@@H]1CC[C@@]2(C)[C@@H](C1)C[C@@H](OC(C)=O)[C@@H]1[C@@H]2C[C@H](OC(C)=O)[C@]2(C)[C@@H]([C@H](C)CCCNCCCCNc3ccnc4cc(Cl)ccc34)CC[C@@H]12. The van der Waals surface area contributed by atoms with Crippen molar-refractivity contribution in [2.75, 3.05) is 25.0 Å². The Morgan fingerprint density at radius 1 is 0.887 bits per heavy atom. The first-order valence-corrected chi connectivity index (χ1v) is 20.7. The number of carbonyl (C=O) groups is 3. The number of carbonyl (C=O) groups excluding carboxylic acids is 3. The summed E-state index contributed by atoms with van der Waals surface area (Å²) in [6, 6.07) is 7.85. The van der Waals surface area contributed by atoms with Crippen LogP contribution in [-0.4, -0.2) is 60.8 Å². The average Bonchev–Trinajstić information content (AvgIpc) is 3.45. The van der Waals surface area contributed by atoms with Crippen molar-refractivity contribution in [3.05, 3.63) is 35.5 Å². The Balaban J connectivity index is 1.04. The van der Waals surface area contributed by atoms with Crippen LogP contribution in [0.2, 0.25) is 5.02 Å². The second kappa shape index (κ2) is 16.8. The molecule has 1 aromatic heterocycles. The van der Waals surface area contributed by atoms with E-state index in [-0.39, 0.29) is 64.8 Å². The normalized spacial score (nSPS) is 33.9. The number of unbranched alkanes of at least 4 members (excludes halogenated alkanes) is 1. The van der Waals surface area contributed by atoms with Crippen LogP contribution in [0.3, 0.4) is 0 Å². The van der Waals surface area contributed by atoms with Crippen molar-refractivity contribution in [1.29, 1.82) is 0 Å². The van der Waals surface area contributed by atoms with E-state index in [0.717, 1.165) is 107 Å². The first-order valence-electron chi connectivity index (χ1n) is 20.3. The highest BCUT2D eigenvalue weighted by molar-refractivity contribution is 6.31. The molecule has 4 aliphatic carbocycles. The minimum absolute atomic E-state index is 0.00530. The van der Waals surface area contributed by atoms with Crippen molar-refractivity contribution in [3.63, 3.8) is 0 Å². The van der Waals surface area contributed by atoms with Gasteiger partial charge >= 0.3 is 17.9 Å². The number of anilines is 1. The molecule has 10 heteroatoms. The van der Waals surface area contributed by atoms with E-state index in [9.17, 15) is 14.4 Å². The Bertz CT molecular complexity index is 1620. The molecule has 6 rings (SSSR count). The lowest BCUT2D eigenvalue weighted by Crippen LogP contribution is -2.63. The van der Waals surface area contributed by atoms with Crippen molar-refractivity contribution in [3.8, 4) is 0 Å². The number of benzene rings is 1. The number of pyridine rings is 1. The van der Waals surface area contributed by atoms with E-state index < -0.39 is 0 Å². The lowest BCUT2D eigenvalue weighted by Gasteiger charge is -2.64. The molecule has 53 heavy (non-hydrogen) atoms. The molecule has 0 unspecified atom stereocenters. The summed E-state index contributed by atoms with van der Waals surface area (Å²) in [4.78, 5) is 41.6. The number of hydrogen-bond donors (Lipinski definition) is 2. The van der Waals surface area contributed by atoms with Crippen LogP contribution in [0.1, 0.15) is 112 Å². The first-order chi connectivity index (χ1) is 25.3. The van der Waals surface area contributed by atoms with E-state index in [0.29, 0.717) is 22.8 Å². The highest BCUT2D eigenvalue weighted by Gasteiger charge is 2.67. The number of nitrogens with zero attached hydrogens (tertiary/aromatic N) is 1. The molecule has 4 aliphatic rings. The maximum absolute atomic E-state index is 12.7. The summed E-state index contributed by atoms with van der Waals surface area (Å²) in [5.74, 6) is 1.30. The third-order valence-electron chi connectivity index (χ3n) is 14.2. The van der Waals surface area contributed by atoms with Gasteiger partial charge in [-0.05, 0) is 143 Å². The Kier molecular flexibility index (Phi) is 12.6. The van der Waals surface area contributed by atoms with Crippen LogP contribution in [0.15, 0.2) is 30.5 Å². The van der Waals surface area contributed by atoms with E-state index in [1.54, 1.807) is 6.92 Å². The monoisotopic (exact) mass is 751 g/mol. The molecular weight excluding hydrogens is 690 g/mol. The van der Waals surface area contributed by atoms with Gasteiger partial charge in [-0.1, -0.05) is 32.4 Å². The second-order valence-electron chi connectivity index (χ2n) is 17.3. The summed E-state index contributed by atoms with van der Waals surface area (Å²) < 4.78 is 18.3. The molecule has 0 radical (unpaired) electrons. The summed E-state index contributed by atoms with van der Waals surface area (Å²) in [6.45, 7) is 14.6. The number of halogens is 1. The highest BCUT2D eigenvalue weighted by atomic mass is 35.5. The van der Waals surface area contributed by atoms with Crippen molar-refractivity contribution in [2.24, 2.45) is 46.3 Å². The van der Waals surface area contributed by atoms with Crippen molar-refractivity contribution in [2.45, 2.75) is 130 Å². The molecule has 2 aromatic rings. The molecule has 292 valence electrons. The average molecular weight is 752 g/mol. The van der Waals surface area contributed by atoms with Gasteiger partial charge in [0.2, 0.25) is 0 Å². The maximum atomic E-state index is 12.7. The van der Waals surface area contributed by atoms with Crippen LogP contribution < -0.4 is 10.6 Å². The van der Waals surface area contributed by atoms with E-state index in [1.807, 2.05) is 30.5 Å². The summed E-state index contributed by atoms with van der Waals surface area (Å²) in [5, 5.41) is 9.02. The molecule has 2 N–H and O–H groups in total. The van der Waals surface area contributed by atoms with Gasteiger partial charge in [-0.15, -0.1) is 0 Å². The molecule has 9 nitrogen and oxygen atoms in total. The number of nitrogens with one attached hydrogen (secondary N) is 2. The minimum Gasteiger partial charge on any atom is -0.463 e. The lowest BCUT2D eigenvalue weighted by atomic mass is 9.43. The van der Waals surface area contributed by atoms with Crippen molar-refractivity contribution < 1.29 is 28.6 Å². The minimum atomic E-state index is -0.236. The van der Waals surface area contributed by atoms with Gasteiger partial charge in [-0.3, -0.25) is 19.4 Å². The van der Waals surface area contributed by atoms with Crippen molar-refractivity contribution >= 4 is 46.1 Å². The topological polar surface area (TPSA) is 116 Å². The standard InChI is InChI=1S/C43H62ClN3O6/c1-26(10-9-19-45-18-7-8-20-46-37-16-21-47-38-24-31(44)11-12-33(37)38)34-13-14-35-41-36(25-40(43(34,35)6)53-29(4)50)42(5)17-15-32(51-27(2)48)22-30(42)23-39(41)52-28(3)49/h11-12,16,21,24,26,30,32,34-36,39-41,45H,7-10,13-15,17-20,22-23,25H2,1-6H3,(H,46,47)/t26-,30+,32-,34-,35+,36+,39-,40+,41+,42+,43-/m1/s1. The fourth-order valence-electron chi connectivity index (χ4n) is 11.9. The Morgan fingerprint density at radius 3 is 2.38 bits per heavy atom. The summed E-state index contributed by atoms with van der Waals surface area (Å²) in [5.41, 5.74) is 1.81. The van der Waals surface area contributed by atoms with E-state index in [4.69, 9.17) is 25.8 Å². The molecule has 11 atom stereocenters. The zero-order valence-corrected chi connectivity index (χ0v) is 33.5. The molecule has 4 saturated carbocycles. The van der Waals surface area contributed by atoms with Gasteiger partial charge in [-0.2, -0.15) is 0 Å². The van der Waals surface area contributed by atoms with Crippen LogP contribution in [-0.2, 0) is 28.6 Å². The number of fused-ring (bicyclic) bond motifs is 6. The Morgan fingerprint density at radius 2 is 1.62 bits per heavy atom. The van der Waals surface area contributed by atoms with Crippen molar-refractivity contribution in [1.82, 2.24) is 10.3 Å². The van der Waals surface area contributed by atoms with Gasteiger partial charge < -0.3 is 24.8 Å². The highest BCUT2D eigenvalue weighted by Crippen LogP contribution is 2.69. The quantitative estimate of drug-likeness (QED) is 0.111. The Labute approximate surface area is 321 Å². The number of ether oxygens (including phenoxy) is 3. The van der Waals surface area contributed by atoms with Crippen LogP contribution in [0.5, 0.6) is 0 Å².